The molecule has 7 heteroatoms. The zero-order valence-corrected chi connectivity index (χ0v) is 12.0. The molecule has 1 unspecified atom stereocenters. The van der Waals surface area contributed by atoms with Crippen molar-refractivity contribution >= 4 is 17.8 Å². The number of hydrogen-bond donors (Lipinski definition) is 2. The first-order valence-electron chi connectivity index (χ1n) is 6.65. The lowest BCUT2D eigenvalue weighted by Gasteiger charge is -2.23. The lowest BCUT2D eigenvalue weighted by Crippen LogP contribution is -2.51. The van der Waals surface area contributed by atoms with Gasteiger partial charge in [-0.3, -0.25) is 9.59 Å². The summed E-state index contributed by atoms with van der Waals surface area (Å²) in [6, 6.07) is 3.49. The van der Waals surface area contributed by atoms with Crippen molar-refractivity contribution < 1.29 is 23.9 Å². The Morgan fingerprint density at radius 1 is 1.52 bits per heavy atom. The summed E-state index contributed by atoms with van der Waals surface area (Å²) in [6.45, 7) is 3.40. The molecule has 2 N–H and O–H groups in total. The van der Waals surface area contributed by atoms with Gasteiger partial charge in [-0.05, 0) is 26.0 Å². The number of likely N-dealkylation sites (tertiary alicyclic amines) is 1. The van der Waals surface area contributed by atoms with Crippen molar-refractivity contribution in [1.29, 1.82) is 0 Å². The molecule has 0 bridgehead atoms. The first-order valence-corrected chi connectivity index (χ1v) is 6.65. The molecule has 1 fully saturated rings. The smallest absolute Gasteiger partial charge is 0.328 e. The van der Waals surface area contributed by atoms with Crippen LogP contribution in [0.5, 0.6) is 0 Å². The zero-order chi connectivity index (χ0) is 15.6. The third-order valence-corrected chi connectivity index (χ3v) is 3.48. The molecule has 0 radical (unpaired) electrons. The fourth-order valence-corrected chi connectivity index (χ4v) is 2.15. The summed E-state index contributed by atoms with van der Waals surface area (Å²) in [5.74, 6) is -1.56. The van der Waals surface area contributed by atoms with Gasteiger partial charge in [0.05, 0.1) is 18.7 Å². The summed E-state index contributed by atoms with van der Waals surface area (Å²) in [6.07, 6.45) is 1.61. The van der Waals surface area contributed by atoms with E-state index in [0.717, 1.165) is 0 Å². The number of carboxylic acid groups (broad SMARTS) is 1. The second-order valence-corrected chi connectivity index (χ2v) is 5.67. The van der Waals surface area contributed by atoms with E-state index in [2.05, 4.69) is 5.32 Å². The number of carbonyl (C=O) groups excluding carboxylic acids is 2. The minimum atomic E-state index is -1.35. The van der Waals surface area contributed by atoms with E-state index in [4.69, 9.17) is 9.52 Å². The molecule has 0 aromatic carbocycles. The van der Waals surface area contributed by atoms with E-state index in [9.17, 15) is 14.4 Å². The van der Waals surface area contributed by atoms with Gasteiger partial charge in [-0.15, -0.1) is 0 Å². The van der Waals surface area contributed by atoms with Gasteiger partial charge in [0.2, 0.25) is 11.8 Å². The van der Waals surface area contributed by atoms with Crippen molar-refractivity contribution in [3.63, 3.8) is 0 Å². The molecule has 114 valence electrons. The van der Waals surface area contributed by atoms with Crippen LogP contribution in [-0.4, -0.2) is 39.9 Å². The van der Waals surface area contributed by atoms with Gasteiger partial charge in [0.1, 0.15) is 11.3 Å². The number of aliphatic carboxylic acids is 1. The Morgan fingerprint density at radius 2 is 2.24 bits per heavy atom. The Balaban J connectivity index is 1.95. The largest absolute Gasteiger partial charge is 0.480 e. The van der Waals surface area contributed by atoms with Crippen molar-refractivity contribution in [2.45, 2.75) is 32.4 Å². The Hall–Kier alpha value is -2.31. The number of nitrogens with one attached hydrogen (secondary N) is 1. The molecule has 0 saturated carbocycles. The first-order chi connectivity index (χ1) is 9.79. The van der Waals surface area contributed by atoms with Crippen molar-refractivity contribution in [2.24, 2.45) is 5.92 Å². The summed E-state index contributed by atoms with van der Waals surface area (Å²) in [5.41, 5.74) is -1.35. The SMILES string of the molecule is CC(C)(NC(=O)C1CC(=O)N(Cc2ccco2)C1)C(=O)O. The summed E-state index contributed by atoms with van der Waals surface area (Å²) in [7, 11) is 0. The number of carbonyl (C=O) groups is 3. The molecule has 1 aromatic rings. The minimum absolute atomic E-state index is 0.0856. The first kappa shape index (κ1) is 15.1. The average Bonchev–Trinajstić information content (AvgIpc) is 3.00. The molecule has 1 atom stereocenters. The molecular formula is C14H18N2O5. The number of carboxylic acids is 1. The maximum absolute atomic E-state index is 12.1. The minimum Gasteiger partial charge on any atom is -0.480 e. The Kier molecular flexibility index (Phi) is 4.02. The molecule has 21 heavy (non-hydrogen) atoms. The predicted molar refractivity (Wildman–Crippen MR) is 72.1 cm³/mol. The van der Waals surface area contributed by atoms with Gasteiger partial charge in [0.15, 0.2) is 0 Å². The highest BCUT2D eigenvalue weighted by atomic mass is 16.4. The number of furan rings is 1. The molecule has 0 aliphatic carbocycles. The molecule has 1 aromatic heterocycles. The van der Waals surface area contributed by atoms with Crippen LogP contribution >= 0.6 is 0 Å². The second kappa shape index (κ2) is 5.59. The predicted octanol–water partition coefficient (Wildman–Crippen LogP) is 0.607. The highest BCUT2D eigenvalue weighted by Gasteiger charge is 2.38. The van der Waals surface area contributed by atoms with Crippen LogP contribution in [0.1, 0.15) is 26.0 Å². The number of rotatable bonds is 5. The van der Waals surface area contributed by atoms with Gasteiger partial charge in [-0.2, -0.15) is 0 Å². The number of amides is 2. The van der Waals surface area contributed by atoms with Crippen LogP contribution in [0.2, 0.25) is 0 Å². The van der Waals surface area contributed by atoms with Crippen LogP contribution in [0.3, 0.4) is 0 Å². The van der Waals surface area contributed by atoms with E-state index in [-0.39, 0.29) is 18.9 Å². The molecule has 0 spiro atoms. The van der Waals surface area contributed by atoms with Crippen LogP contribution in [0.25, 0.3) is 0 Å². The highest BCUT2D eigenvalue weighted by molar-refractivity contribution is 5.92. The maximum atomic E-state index is 12.1. The highest BCUT2D eigenvalue weighted by Crippen LogP contribution is 2.21. The van der Waals surface area contributed by atoms with E-state index >= 15 is 0 Å². The normalized spacial score (nSPS) is 18.9. The van der Waals surface area contributed by atoms with Crippen LogP contribution in [0.15, 0.2) is 22.8 Å². The molecule has 1 aliphatic heterocycles. The van der Waals surface area contributed by atoms with Crippen LogP contribution < -0.4 is 5.32 Å². The van der Waals surface area contributed by atoms with E-state index in [1.807, 2.05) is 0 Å². The van der Waals surface area contributed by atoms with E-state index in [1.165, 1.54) is 25.0 Å². The van der Waals surface area contributed by atoms with Gasteiger partial charge in [0.25, 0.3) is 0 Å². The summed E-state index contributed by atoms with van der Waals surface area (Å²) >= 11 is 0. The Labute approximate surface area is 121 Å². The molecule has 2 amide bonds. The van der Waals surface area contributed by atoms with Crippen molar-refractivity contribution in [3.05, 3.63) is 24.2 Å². The van der Waals surface area contributed by atoms with Gasteiger partial charge in [0, 0.05) is 13.0 Å². The quantitative estimate of drug-likeness (QED) is 0.828. The van der Waals surface area contributed by atoms with Crippen molar-refractivity contribution in [2.75, 3.05) is 6.54 Å². The molecule has 2 rings (SSSR count). The summed E-state index contributed by atoms with van der Waals surface area (Å²) < 4.78 is 5.18. The van der Waals surface area contributed by atoms with Crippen molar-refractivity contribution in [1.82, 2.24) is 10.2 Å². The lowest BCUT2D eigenvalue weighted by atomic mass is 10.0. The van der Waals surface area contributed by atoms with Crippen LogP contribution in [0.4, 0.5) is 0 Å². The second-order valence-electron chi connectivity index (χ2n) is 5.67. The number of nitrogens with zero attached hydrogens (tertiary/aromatic N) is 1. The van der Waals surface area contributed by atoms with E-state index in [1.54, 1.807) is 12.1 Å². The third-order valence-electron chi connectivity index (χ3n) is 3.48. The third kappa shape index (κ3) is 3.42. The Morgan fingerprint density at radius 3 is 2.81 bits per heavy atom. The van der Waals surface area contributed by atoms with Gasteiger partial charge >= 0.3 is 5.97 Å². The molecule has 1 aliphatic rings. The van der Waals surface area contributed by atoms with Crippen molar-refractivity contribution in [3.8, 4) is 0 Å². The van der Waals surface area contributed by atoms with Crippen LogP contribution in [-0.2, 0) is 20.9 Å². The fraction of sp³-hybridized carbons (Fsp3) is 0.500. The molecule has 7 nitrogen and oxygen atoms in total. The summed E-state index contributed by atoms with van der Waals surface area (Å²) in [5, 5.41) is 11.5. The lowest BCUT2D eigenvalue weighted by molar-refractivity contribution is -0.146. The van der Waals surface area contributed by atoms with Crippen LogP contribution in [0, 0.1) is 5.92 Å². The van der Waals surface area contributed by atoms with E-state index in [0.29, 0.717) is 12.3 Å². The van der Waals surface area contributed by atoms with Gasteiger partial charge < -0.3 is 19.7 Å². The summed E-state index contributed by atoms with van der Waals surface area (Å²) in [4.78, 5) is 36.5. The van der Waals surface area contributed by atoms with E-state index < -0.39 is 23.3 Å². The zero-order valence-electron chi connectivity index (χ0n) is 12.0. The fourth-order valence-electron chi connectivity index (χ4n) is 2.15. The number of hydrogen-bond acceptors (Lipinski definition) is 4. The topological polar surface area (TPSA) is 99.9 Å². The molecule has 2 heterocycles. The molecular weight excluding hydrogens is 276 g/mol. The Bertz CT molecular complexity index is 550. The van der Waals surface area contributed by atoms with Gasteiger partial charge in [-0.1, -0.05) is 0 Å². The average molecular weight is 294 g/mol. The maximum Gasteiger partial charge on any atom is 0.328 e. The van der Waals surface area contributed by atoms with Gasteiger partial charge in [-0.25, -0.2) is 4.79 Å². The monoisotopic (exact) mass is 294 g/mol. The standard InChI is InChI=1S/C14H18N2O5/c1-14(2,13(19)20)15-12(18)9-6-11(17)16(7-9)8-10-4-3-5-21-10/h3-5,9H,6-8H2,1-2H3,(H,15,18)(H,19,20). The molecule has 1 saturated heterocycles.